The van der Waals surface area contributed by atoms with Crippen molar-refractivity contribution in [1.29, 1.82) is 0 Å². The van der Waals surface area contributed by atoms with Crippen LogP contribution in [0.3, 0.4) is 0 Å². The molecule has 1 aliphatic rings. The number of anilines is 1. The lowest BCUT2D eigenvalue weighted by Gasteiger charge is -2.26. The number of nitrogens with zero attached hydrogens (tertiary/aromatic N) is 1. The van der Waals surface area contributed by atoms with Gasteiger partial charge in [0.25, 0.3) is 0 Å². The quantitative estimate of drug-likeness (QED) is 0.455. The third kappa shape index (κ3) is 5.68. The molecular formula is C26H26N2O4S. The number of carbonyl (C=O) groups excluding carboxylic acids is 2. The molecule has 0 aliphatic carbocycles. The minimum atomic E-state index is -0.376. The molecular weight excluding hydrogens is 436 g/mol. The molecule has 2 amide bonds. The average Bonchev–Trinajstić information content (AvgIpc) is 3.34. The van der Waals surface area contributed by atoms with Gasteiger partial charge in [0, 0.05) is 23.5 Å². The maximum absolute atomic E-state index is 13.1. The Morgan fingerprint density at radius 1 is 1.00 bits per heavy atom. The van der Waals surface area contributed by atoms with Gasteiger partial charge in [0.15, 0.2) is 0 Å². The van der Waals surface area contributed by atoms with E-state index in [-0.39, 0.29) is 17.4 Å². The molecule has 3 aromatic carbocycles. The van der Waals surface area contributed by atoms with Gasteiger partial charge in [0.1, 0.15) is 17.7 Å². The Morgan fingerprint density at radius 2 is 1.73 bits per heavy atom. The lowest BCUT2D eigenvalue weighted by atomic mass is 10.1. The summed E-state index contributed by atoms with van der Waals surface area (Å²) < 4.78 is 11.1. The number of carbonyl (C=O) groups is 2. The Kier molecular flexibility index (Phi) is 7.52. The summed E-state index contributed by atoms with van der Waals surface area (Å²) in [5.41, 5.74) is 3.14. The van der Waals surface area contributed by atoms with Gasteiger partial charge >= 0.3 is 12.0 Å². The summed E-state index contributed by atoms with van der Waals surface area (Å²) in [6.07, 6.45) is 0. The summed E-state index contributed by atoms with van der Waals surface area (Å²) in [5.74, 6) is 1.24. The van der Waals surface area contributed by atoms with E-state index in [2.05, 4.69) is 5.32 Å². The van der Waals surface area contributed by atoms with Crippen LogP contribution in [0.15, 0.2) is 78.9 Å². The highest BCUT2D eigenvalue weighted by atomic mass is 32.2. The third-order valence-electron chi connectivity index (χ3n) is 5.22. The Balaban J connectivity index is 1.44. The van der Waals surface area contributed by atoms with Crippen LogP contribution >= 0.6 is 11.8 Å². The van der Waals surface area contributed by atoms with Crippen molar-refractivity contribution in [3.05, 3.63) is 95.6 Å². The number of hydrogen-bond donors (Lipinski definition) is 1. The van der Waals surface area contributed by atoms with Crippen LogP contribution in [-0.4, -0.2) is 35.8 Å². The van der Waals surface area contributed by atoms with Gasteiger partial charge in [0.05, 0.1) is 12.2 Å². The molecule has 0 spiro atoms. The van der Waals surface area contributed by atoms with E-state index < -0.39 is 0 Å². The second kappa shape index (κ2) is 10.9. The van der Waals surface area contributed by atoms with Gasteiger partial charge in [-0.3, -0.25) is 0 Å². The lowest BCUT2D eigenvalue weighted by Crippen LogP contribution is -2.34. The first kappa shape index (κ1) is 22.7. The Labute approximate surface area is 197 Å². The van der Waals surface area contributed by atoms with Crippen LogP contribution in [0.2, 0.25) is 0 Å². The number of thioether (sulfide) groups is 1. The number of para-hydroxylation sites is 1. The van der Waals surface area contributed by atoms with Gasteiger partial charge < -0.3 is 19.7 Å². The molecule has 0 bridgehead atoms. The minimum absolute atomic E-state index is 0.143. The van der Waals surface area contributed by atoms with Gasteiger partial charge in [-0.05, 0) is 42.8 Å². The number of rotatable bonds is 7. The second-order valence-corrected chi connectivity index (χ2v) is 8.64. The van der Waals surface area contributed by atoms with Crippen LogP contribution in [0.5, 0.6) is 5.75 Å². The maximum atomic E-state index is 13.1. The van der Waals surface area contributed by atoms with Gasteiger partial charge in [-0.1, -0.05) is 48.5 Å². The number of benzene rings is 3. The Morgan fingerprint density at radius 3 is 2.48 bits per heavy atom. The topological polar surface area (TPSA) is 67.9 Å². The average molecular weight is 463 g/mol. The van der Waals surface area contributed by atoms with E-state index in [1.54, 1.807) is 43.0 Å². The summed E-state index contributed by atoms with van der Waals surface area (Å²) >= 11 is 1.71. The SMILES string of the molecule is CCOC(=O)c1ccc(NC(=O)N2CCSC2c2ccccc2OCc2ccccc2)cc1. The van der Waals surface area contributed by atoms with Crippen LogP contribution < -0.4 is 10.1 Å². The van der Waals surface area contributed by atoms with Crippen molar-refractivity contribution >= 4 is 29.4 Å². The molecule has 1 saturated heterocycles. The summed E-state index contributed by atoms with van der Waals surface area (Å²) in [5, 5.41) is 2.80. The lowest BCUT2D eigenvalue weighted by molar-refractivity contribution is 0.0526. The first-order valence-corrected chi connectivity index (χ1v) is 11.9. The molecule has 6 nitrogen and oxygen atoms in total. The van der Waals surface area contributed by atoms with Gasteiger partial charge in [-0.25, -0.2) is 9.59 Å². The smallest absolute Gasteiger partial charge is 0.338 e. The monoisotopic (exact) mass is 462 g/mol. The first-order chi connectivity index (χ1) is 16.2. The molecule has 170 valence electrons. The number of hydrogen-bond acceptors (Lipinski definition) is 5. The predicted octanol–water partition coefficient (Wildman–Crippen LogP) is 5.72. The molecule has 33 heavy (non-hydrogen) atoms. The predicted molar refractivity (Wildman–Crippen MR) is 131 cm³/mol. The highest BCUT2D eigenvalue weighted by molar-refractivity contribution is 7.99. The highest BCUT2D eigenvalue weighted by Gasteiger charge is 2.32. The van der Waals surface area contributed by atoms with Crippen LogP contribution in [-0.2, 0) is 11.3 Å². The summed E-state index contributed by atoms with van der Waals surface area (Å²) in [6.45, 7) is 3.19. The van der Waals surface area contributed by atoms with Gasteiger partial charge in [0.2, 0.25) is 0 Å². The molecule has 1 aliphatic heterocycles. The summed E-state index contributed by atoms with van der Waals surface area (Å²) in [7, 11) is 0. The Bertz CT molecular complexity index is 1090. The number of urea groups is 1. The zero-order chi connectivity index (χ0) is 23.0. The largest absolute Gasteiger partial charge is 0.489 e. The van der Waals surface area contributed by atoms with E-state index in [1.165, 1.54) is 0 Å². The van der Waals surface area contributed by atoms with Gasteiger partial charge in [-0.2, -0.15) is 0 Å². The van der Waals surface area contributed by atoms with Crippen molar-refractivity contribution in [2.45, 2.75) is 18.9 Å². The number of ether oxygens (including phenoxy) is 2. The van der Waals surface area contributed by atoms with Gasteiger partial charge in [-0.15, -0.1) is 11.8 Å². The van der Waals surface area contributed by atoms with E-state index in [4.69, 9.17) is 9.47 Å². The van der Waals surface area contributed by atoms with E-state index in [9.17, 15) is 9.59 Å². The summed E-state index contributed by atoms with van der Waals surface area (Å²) in [4.78, 5) is 26.7. The van der Waals surface area contributed by atoms with Crippen molar-refractivity contribution in [3.8, 4) is 5.75 Å². The van der Waals surface area contributed by atoms with Crippen molar-refractivity contribution in [3.63, 3.8) is 0 Å². The van der Waals surface area contributed by atoms with Crippen molar-refractivity contribution in [1.82, 2.24) is 4.90 Å². The van der Waals surface area contributed by atoms with Crippen LogP contribution in [0.1, 0.15) is 33.8 Å². The molecule has 3 aromatic rings. The molecule has 1 fully saturated rings. The second-order valence-electron chi connectivity index (χ2n) is 7.46. The molecule has 0 radical (unpaired) electrons. The van der Waals surface area contributed by atoms with E-state index in [0.29, 0.717) is 31.0 Å². The standard InChI is InChI=1S/C26H26N2O4S/c1-2-31-25(29)20-12-14-21(15-13-20)27-26(30)28-16-17-33-24(28)22-10-6-7-11-23(22)32-18-19-8-4-3-5-9-19/h3-15,24H,2,16-18H2,1H3,(H,27,30). The first-order valence-electron chi connectivity index (χ1n) is 10.9. The van der Waals surface area contributed by atoms with Crippen molar-refractivity contribution in [2.75, 3.05) is 24.2 Å². The molecule has 4 rings (SSSR count). The fraction of sp³-hybridized carbons (Fsp3) is 0.231. The zero-order valence-electron chi connectivity index (χ0n) is 18.4. The van der Waals surface area contributed by atoms with E-state index >= 15 is 0 Å². The Hall–Kier alpha value is -3.45. The van der Waals surface area contributed by atoms with E-state index in [1.807, 2.05) is 59.5 Å². The maximum Gasteiger partial charge on any atom is 0.338 e. The van der Waals surface area contributed by atoms with Crippen molar-refractivity contribution in [2.24, 2.45) is 0 Å². The molecule has 1 atom stereocenters. The molecule has 7 heteroatoms. The number of esters is 1. The molecule has 1 N–H and O–H groups in total. The minimum Gasteiger partial charge on any atom is -0.489 e. The highest BCUT2D eigenvalue weighted by Crippen LogP contribution is 2.42. The third-order valence-corrected chi connectivity index (χ3v) is 6.46. The van der Waals surface area contributed by atoms with Crippen LogP contribution in [0.4, 0.5) is 10.5 Å². The van der Waals surface area contributed by atoms with Crippen LogP contribution in [0, 0.1) is 0 Å². The number of amides is 2. The van der Waals surface area contributed by atoms with Crippen molar-refractivity contribution < 1.29 is 19.1 Å². The van der Waals surface area contributed by atoms with Crippen LogP contribution in [0.25, 0.3) is 0 Å². The molecule has 1 unspecified atom stereocenters. The zero-order valence-corrected chi connectivity index (χ0v) is 19.2. The fourth-order valence-electron chi connectivity index (χ4n) is 3.59. The molecule has 0 saturated carbocycles. The normalized spacial score (nSPS) is 15.2. The molecule has 0 aromatic heterocycles. The van der Waals surface area contributed by atoms with E-state index in [0.717, 1.165) is 22.6 Å². The summed E-state index contributed by atoms with van der Waals surface area (Å²) in [6, 6.07) is 24.4. The molecule has 1 heterocycles. The number of nitrogens with one attached hydrogen (secondary N) is 1. The fourth-order valence-corrected chi connectivity index (χ4v) is 4.87.